The summed E-state index contributed by atoms with van der Waals surface area (Å²) in [5, 5.41) is 25.3. The zero-order valence-corrected chi connectivity index (χ0v) is 12.4. The van der Waals surface area contributed by atoms with Crippen LogP contribution in [-0.2, 0) is 0 Å². The number of hydrogen-bond acceptors (Lipinski definition) is 5. The molecular weight excluding hydrogens is 260 g/mol. The van der Waals surface area contributed by atoms with E-state index in [4.69, 9.17) is 0 Å². The average molecular weight is 282 g/mol. The van der Waals surface area contributed by atoms with Crippen molar-refractivity contribution in [2.45, 2.75) is 46.3 Å². The zero-order chi connectivity index (χ0) is 15.0. The van der Waals surface area contributed by atoms with E-state index in [2.05, 4.69) is 5.10 Å². The van der Waals surface area contributed by atoms with Crippen LogP contribution in [0.1, 0.15) is 38.9 Å². The fourth-order valence-corrected chi connectivity index (χ4v) is 2.77. The molecule has 2 atom stereocenters. The SMILES string of the molecule is Cc1nn(C(C)C)c(N2CCC(C(C)O)C2)c1[N+](=O)[O-]. The van der Waals surface area contributed by atoms with Gasteiger partial charge in [-0.25, -0.2) is 4.68 Å². The maximum absolute atomic E-state index is 11.3. The zero-order valence-electron chi connectivity index (χ0n) is 12.4. The van der Waals surface area contributed by atoms with Gasteiger partial charge in [-0.1, -0.05) is 0 Å². The Morgan fingerprint density at radius 2 is 2.10 bits per heavy atom. The number of nitrogens with zero attached hydrogens (tertiary/aromatic N) is 4. The monoisotopic (exact) mass is 282 g/mol. The van der Waals surface area contributed by atoms with Gasteiger partial charge < -0.3 is 10.0 Å². The van der Waals surface area contributed by atoms with Crippen molar-refractivity contribution in [1.29, 1.82) is 0 Å². The molecule has 0 radical (unpaired) electrons. The molecule has 7 heteroatoms. The van der Waals surface area contributed by atoms with E-state index in [0.717, 1.165) is 6.42 Å². The maximum atomic E-state index is 11.3. The Bertz CT molecular complexity index is 510. The van der Waals surface area contributed by atoms with Crippen LogP contribution in [0, 0.1) is 23.0 Å². The number of aromatic nitrogens is 2. The van der Waals surface area contributed by atoms with E-state index in [1.807, 2.05) is 18.7 Å². The van der Waals surface area contributed by atoms with Crippen LogP contribution in [0.5, 0.6) is 0 Å². The Morgan fingerprint density at radius 3 is 2.55 bits per heavy atom. The van der Waals surface area contributed by atoms with Gasteiger partial charge in [-0.05, 0) is 34.1 Å². The Kier molecular flexibility index (Phi) is 3.99. The molecule has 0 bridgehead atoms. The lowest BCUT2D eigenvalue weighted by Gasteiger charge is -2.21. The molecular formula is C13H22N4O3. The van der Waals surface area contributed by atoms with Gasteiger partial charge in [-0.3, -0.25) is 10.1 Å². The molecule has 2 unspecified atom stereocenters. The summed E-state index contributed by atoms with van der Waals surface area (Å²) in [5.74, 6) is 0.732. The summed E-state index contributed by atoms with van der Waals surface area (Å²) >= 11 is 0. The van der Waals surface area contributed by atoms with Crippen LogP contribution in [0.15, 0.2) is 0 Å². The summed E-state index contributed by atoms with van der Waals surface area (Å²) in [7, 11) is 0. The van der Waals surface area contributed by atoms with Crippen molar-refractivity contribution in [2.75, 3.05) is 18.0 Å². The van der Waals surface area contributed by atoms with E-state index in [1.165, 1.54) is 0 Å². The number of aliphatic hydroxyl groups excluding tert-OH is 1. The lowest BCUT2D eigenvalue weighted by atomic mass is 10.0. The normalized spacial score (nSPS) is 20.7. The topological polar surface area (TPSA) is 84.4 Å². The summed E-state index contributed by atoms with van der Waals surface area (Å²) in [6.45, 7) is 8.71. The summed E-state index contributed by atoms with van der Waals surface area (Å²) in [6.07, 6.45) is 0.451. The summed E-state index contributed by atoms with van der Waals surface area (Å²) < 4.78 is 1.72. The molecule has 0 aliphatic carbocycles. The highest BCUT2D eigenvalue weighted by Gasteiger charge is 2.35. The second-order valence-electron chi connectivity index (χ2n) is 5.79. The Hall–Kier alpha value is -1.63. The fourth-order valence-electron chi connectivity index (χ4n) is 2.77. The highest BCUT2D eigenvalue weighted by atomic mass is 16.6. The lowest BCUT2D eigenvalue weighted by Crippen LogP contribution is -2.27. The summed E-state index contributed by atoms with van der Waals surface area (Å²) in [5.41, 5.74) is 0.532. The quantitative estimate of drug-likeness (QED) is 0.673. The molecule has 7 nitrogen and oxygen atoms in total. The molecule has 2 heterocycles. The second kappa shape index (κ2) is 5.40. The molecule has 0 aromatic carbocycles. The molecule has 0 saturated carbocycles. The number of aliphatic hydroxyl groups is 1. The van der Waals surface area contributed by atoms with Gasteiger partial charge in [0, 0.05) is 25.0 Å². The fraction of sp³-hybridized carbons (Fsp3) is 0.769. The predicted octanol–water partition coefficient (Wildman–Crippen LogP) is 1.89. The minimum atomic E-state index is -0.393. The van der Waals surface area contributed by atoms with E-state index in [9.17, 15) is 15.2 Å². The summed E-state index contributed by atoms with van der Waals surface area (Å²) in [6, 6.07) is 0.0583. The van der Waals surface area contributed by atoms with Crippen molar-refractivity contribution in [3.05, 3.63) is 15.8 Å². The highest BCUT2D eigenvalue weighted by Crippen LogP contribution is 2.37. The average Bonchev–Trinajstić information content (AvgIpc) is 2.91. The third-order valence-electron chi connectivity index (χ3n) is 3.91. The highest BCUT2D eigenvalue weighted by molar-refractivity contribution is 5.62. The molecule has 1 aromatic heterocycles. The van der Waals surface area contributed by atoms with Gasteiger partial charge in [0.05, 0.1) is 11.0 Å². The number of anilines is 1. The molecule has 0 spiro atoms. The van der Waals surface area contributed by atoms with Crippen LogP contribution in [0.25, 0.3) is 0 Å². The van der Waals surface area contributed by atoms with Crippen LogP contribution in [0.4, 0.5) is 11.5 Å². The first-order chi connectivity index (χ1) is 9.32. The molecule has 0 amide bonds. The minimum absolute atomic E-state index is 0.0583. The molecule has 1 aromatic rings. The number of nitro groups is 1. The second-order valence-corrected chi connectivity index (χ2v) is 5.79. The van der Waals surface area contributed by atoms with Crippen LogP contribution in [0.2, 0.25) is 0 Å². The van der Waals surface area contributed by atoms with Crippen LogP contribution >= 0.6 is 0 Å². The van der Waals surface area contributed by atoms with Crippen molar-refractivity contribution >= 4 is 11.5 Å². The Morgan fingerprint density at radius 1 is 1.45 bits per heavy atom. The molecule has 1 N–H and O–H groups in total. The van der Waals surface area contributed by atoms with Crippen molar-refractivity contribution in [3.63, 3.8) is 0 Å². The van der Waals surface area contributed by atoms with Gasteiger partial charge in [0.25, 0.3) is 0 Å². The first-order valence-corrected chi connectivity index (χ1v) is 6.99. The van der Waals surface area contributed by atoms with Gasteiger partial charge >= 0.3 is 5.69 Å². The molecule has 1 fully saturated rings. The number of aryl methyl sites for hydroxylation is 1. The standard InChI is InChI=1S/C13H22N4O3/c1-8(2)16-13(12(17(19)20)9(3)14-16)15-6-5-11(7-15)10(4)18/h8,10-11,18H,5-7H2,1-4H3. The number of rotatable bonds is 4. The van der Waals surface area contributed by atoms with Crippen LogP contribution < -0.4 is 4.90 Å². The molecule has 112 valence electrons. The van der Waals surface area contributed by atoms with E-state index < -0.39 is 6.10 Å². The van der Waals surface area contributed by atoms with Gasteiger partial charge in [0.2, 0.25) is 5.82 Å². The van der Waals surface area contributed by atoms with Crippen molar-refractivity contribution in [1.82, 2.24) is 9.78 Å². The molecule has 1 aliphatic rings. The van der Waals surface area contributed by atoms with Gasteiger partial charge in [0.15, 0.2) is 0 Å². The van der Waals surface area contributed by atoms with Gasteiger partial charge in [-0.2, -0.15) is 5.10 Å². The Balaban J connectivity index is 2.42. The third kappa shape index (κ3) is 2.49. The smallest absolute Gasteiger partial charge is 0.333 e. The van der Waals surface area contributed by atoms with E-state index in [0.29, 0.717) is 24.6 Å². The van der Waals surface area contributed by atoms with Crippen LogP contribution in [0.3, 0.4) is 0 Å². The maximum Gasteiger partial charge on any atom is 0.333 e. The van der Waals surface area contributed by atoms with E-state index in [-0.39, 0.29) is 22.6 Å². The first kappa shape index (κ1) is 14.8. The summed E-state index contributed by atoms with van der Waals surface area (Å²) in [4.78, 5) is 13.0. The lowest BCUT2D eigenvalue weighted by molar-refractivity contribution is -0.384. The molecule has 1 aliphatic heterocycles. The van der Waals surface area contributed by atoms with Crippen molar-refractivity contribution in [3.8, 4) is 0 Å². The van der Waals surface area contributed by atoms with E-state index in [1.54, 1.807) is 18.5 Å². The largest absolute Gasteiger partial charge is 0.393 e. The molecule has 20 heavy (non-hydrogen) atoms. The first-order valence-electron chi connectivity index (χ1n) is 6.99. The van der Waals surface area contributed by atoms with Crippen molar-refractivity contribution in [2.24, 2.45) is 5.92 Å². The van der Waals surface area contributed by atoms with Crippen LogP contribution in [-0.4, -0.2) is 39.0 Å². The van der Waals surface area contributed by atoms with E-state index >= 15 is 0 Å². The minimum Gasteiger partial charge on any atom is -0.393 e. The number of hydrogen-bond donors (Lipinski definition) is 1. The predicted molar refractivity (Wildman–Crippen MR) is 76.0 cm³/mol. The van der Waals surface area contributed by atoms with Crippen molar-refractivity contribution < 1.29 is 10.0 Å². The third-order valence-corrected chi connectivity index (χ3v) is 3.91. The molecule has 2 rings (SSSR count). The van der Waals surface area contributed by atoms with Gasteiger partial charge in [0.1, 0.15) is 5.69 Å². The van der Waals surface area contributed by atoms with Gasteiger partial charge in [-0.15, -0.1) is 0 Å². The molecule has 1 saturated heterocycles. The Labute approximate surface area is 118 Å².